The number of aliphatic hydroxyl groups is 1. The van der Waals surface area contributed by atoms with Crippen LogP contribution in [0, 0.1) is 0 Å². The van der Waals surface area contributed by atoms with Gasteiger partial charge in [-0.1, -0.05) is 103 Å². The average Bonchev–Trinajstić information content (AvgIpc) is 3.09. The number of hydrogen-bond acceptors (Lipinski definition) is 4. The van der Waals surface area contributed by atoms with E-state index in [2.05, 4.69) is 12.2 Å². The molecule has 1 aliphatic rings. The van der Waals surface area contributed by atoms with E-state index in [0.717, 1.165) is 12.8 Å². The highest BCUT2D eigenvalue weighted by Crippen LogP contribution is 2.14. The average molecular weight is 412 g/mol. The Balaban J connectivity index is 1.81. The van der Waals surface area contributed by atoms with Crippen molar-refractivity contribution in [2.75, 3.05) is 6.61 Å². The van der Waals surface area contributed by atoms with E-state index >= 15 is 0 Å². The first-order valence-corrected chi connectivity index (χ1v) is 12.3. The minimum Gasteiger partial charge on any atom is -0.464 e. The first-order valence-electron chi connectivity index (χ1n) is 12.3. The van der Waals surface area contributed by atoms with Crippen molar-refractivity contribution in [1.29, 1.82) is 0 Å². The molecule has 1 aliphatic heterocycles. The van der Waals surface area contributed by atoms with E-state index in [1.54, 1.807) is 0 Å². The summed E-state index contributed by atoms with van der Waals surface area (Å²) in [5.74, 6) is -0.627. The number of hydrogen-bond donors (Lipinski definition) is 2. The normalized spacial score (nSPS) is 17.3. The Morgan fingerprint density at radius 2 is 1.41 bits per heavy atom. The molecule has 0 bridgehead atoms. The highest BCUT2D eigenvalue weighted by molar-refractivity contribution is 5.85. The molecule has 170 valence electrons. The summed E-state index contributed by atoms with van der Waals surface area (Å²) in [5.41, 5.74) is 0. The third-order valence-electron chi connectivity index (χ3n) is 5.83. The summed E-state index contributed by atoms with van der Waals surface area (Å²) in [6.07, 6.45) is 20.4. The maximum absolute atomic E-state index is 11.8. The van der Waals surface area contributed by atoms with Gasteiger partial charge in [0.1, 0.15) is 6.04 Å². The van der Waals surface area contributed by atoms with Gasteiger partial charge >= 0.3 is 5.97 Å². The Hall–Kier alpha value is -1.10. The number of carbonyl (C=O) groups excluding carboxylic acids is 2. The molecule has 5 nitrogen and oxygen atoms in total. The molecule has 1 saturated heterocycles. The van der Waals surface area contributed by atoms with Gasteiger partial charge in [-0.25, -0.2) is 4.79 Å². The van der Waals surface area contributed by atoms with Crippen molar-refractivity contribution in [3.05, 3.63) is 0 Å². The molecule has 1 rings (SSSR count). The Bertz CT molecular complexity index is 427. The number of amides is 1. The lowest BCUT2D eigenvalue weighted by molar-refractivity contribution is -0.141. The van der Waals surface area contributed by atoms with Crippen molar-refractivity contribution in [3.63, 3.8) is 0 Å². The topological polar surface area (TPSA) is 75.6 Å². The van der Waals surface area contributed by atoms with E-state index in [-0.39, 0.29) is 18.3 Å². The van der Waals surface area contributed by atoms with Gasteiger partial charge in [0.2, 0.25) is 5.91 Å². The monoisotopic (exact) mass is 411 g/mol. The molecule has 2 N–H and O–H groups in total. The molecule has 2 atom stereocenters. The standard InChI is InChI=1S/C24H45NO4/c1-2-3-4-5-6-7-8-9-10-11-12-13-14-15-16-17-21(26)20-23(27)25-22-18-19-29-24(22)28/h21-22,26H,2-20H2,1H3,(H,25,27)/t21?,22-/m0/s1. The van der Waals surface area contributed by atoms with Gasteiger partial charge in [-0.3, -0.25) is 4.79 Å². The second-order valence-electron chi connectivity index (χ2n) is 8.67. The van der Waals surface area contributed by atoms with Crippen molar-refractivity contribution < 1.29 is 19.4 Å². The predicted octanol–water partition coefficient (Wildman–Crippen LogP) is 5.43. The molecule has 0 spiro atoms. The second-order valence-corrected chi connectivity index (χ2v) is 8.67. The fourth-order valence-corrected chi connectivity index (χ4v) is 3.95. The molecule has 0 saturated carbocycles. The van der Waals surface area contributed by atoms with Crippen LogP contribution in [-0.2, 0) is 14.3 Å². The quantitative estimate of drug-likeness (QED) is 0.219. The first-order chi connectivity index (χ1) is 14.1. The van der Waals surface area contributed by atoms with Crippen LogP contribution < -0.4 is 5.32 Å². The largest absolute Gasteiger partial charge is 0.464 e. The van der Waals surface area contributed by atoms with Crippen LogP contribution in [0.25, 0.3) is 0 Å². The molecular weight excluding hydrogens is 366 g/mol. The number of aliphatic hydroxyl groups excluding tert-OH is 1. The lowest BCUT2D eigenvalue weighted by atomic mass is 10.0. The summed E-state index contributed by atoms with van der Waals surface area (Å²) in [6, 6.07) is -0.527. The summed E-state index contributed by atoms with van der Waals surface area (Å²) < 4.78 is 4.82. The van der Waals surface area contributed by atoms with Gasteiger partial charge in [0.05, 0.1) is 19.1 Å². The molecule has 0 aromatic rings. The highest BCUT2D eigenvalue weighted by atomic mass is 16.5. The number of nitrogens with one attached hydrogen (secondary N) is 1. The molecule has 1 amide bonds. The van der Waals surface area contributed by atoms with Gasteiger partial charge in [-0.2, -0.15) is 0 Å². The summed E-state index contributed by atoms with van der Waals surface area (Å²) in [5, 5.41) is 12.6. The molecule has 1 unspecified atom stereocenters. The molecule has 0 aromatic heterocycles. The summed E-state index contributed by atoms with van der Waals surface area (Å²) in [7, 11) is 0. The molecule has 0 aliphatic carbocycles. The Kier molecular flexibility index (Phi) is 15.9. The van der Waals surface area contributed by atoms with Crippen LogP contribution in [-0.4, -0.2) is 35.7 Å². The van der Waals surface area contributed by atoms with Crippen molar-refractivity contribution in [2.24, 2.45) is 0 Å². The van der Waals surface area contributed by atoms with Crippen molar-refractivity contribution in [3.8, 4) is 0 Å². The smallest absolute Gasteiger partial charge is 0.328 e. The molecule has 1 heterocycles. The third kappa shape index (κ3) is 14.5. The number of unbranched alkanes of at least 4 members (excludes halogenated alkanes) is 14. The maximum Gasteiger partial charge on any atom is 0.328 e. The molecule has 5 heteroatoms. The summed E-state index contributed by atoms with van der Waals surface area (Å²) >= 11 is 0. The van der Waals surface area contributed by atoms with Crippen LogP contribution in [0.5, 0.6) is 0 Å². The van der Waals surface area contributed by atoms with E-state index < -0.39 is 12.1 Å². The summed E-state index contributed by atoms with van der Waals surface area (Å²) in [6.45, 7) is 2.63. The zero-order valence-corrected chi connectivity index (χ0v) is 18.8. The molecular formula is C24H45NO4. The van der Waals surface area contributed by atoms with Gasteiger partial charge in [0, 0.05) is 6.42 Å². The molecule has 29 heavy (non-hydrogen) atoms. The van der Waals surface area contributed by atoms with E-state index in [1.807, 2.05) is 0 Å². The maximum atomic E-state index is 11.8. The number of rotatable bonds is 19. The fraction of sp³-hybridized carbons (Fsp3) is 0.917. The number of cyclic esters (lactones) is 1. The van der Waals surface area contributed by atoms with Gasteiger partial charge in [0.15, 0.2) is 0 Å². The fourth-order valence-electron chi connectivity index (χ4n) is 3.95. The van der Waals surface area contributed by atoms with E-state index in [9.17, 15) is 14.7 Å². The predicted molar refractivity (Wildman–Crippen MR) is 118 cm³/mol. The van der Waals surface area contributed by atoms with Crippen molar-refractivity contribution >= 4 is 11.9 Å². The highest BCUT2D eigenvalue weighted by Gasteiger charge is 2.28. The Labute approximate surface area is 178 Å². The van der Waals surface area contributed by atoms with Crippen LogP contribution >= 0.6 is 0 Å². The number of ether oxygens (including phenoxy) is 1. The SMILES string of the molecule is CCCCCCCCCCCCCCCCCC(O)CC(=O)N[C@H]1CCOC1=O. The lowest BCUT2D eigenvalue weighted by Gasteiger charge is -2.12. The minimum atomic E-state index is -0.616. The third-order valence-corrected chi connectivity index (χ3v) is 5.83. The minimum absolute atomic E-state index is 0.0718. The van der Waals surface area contributed by atoms with Gasteiger partial charge in [-0.05, 0) is 6.42 Å². The van der Waals surface area contributed by atoms with Crippen LogP contribution in [0.4, 0.5) is 0 Å². The number of carbonyl (C=O) groups is 2. The Morgan fingerprint density at radius 3 is 1.86 bits per heavy atom. The van der Waals surface area contributed by atoms with Gasteiger partial charge in [0.25, 0.3) is 0 Å². The molecule has 0 radical (unpaired) electrons. The van der Waals surface area contributed by atoms with Crippen LogP contribution in [0.2, 0.25) is 0 Å². The van der Waals surface area contributed by atoms with Crippen LogP contribution in [0.3, 0.4) is 0 Å². The van der Waals surface area contributed by atoms with E-state index in [1.165, 1.54) is 83.5 Å². The zero-order chi connectivity index (χ0) is 21.2. The Morgan fingerprint density at radius 1 is 0.931 bits per heavy atom. The van der Waals surface area contributed by atoms with E-state index in [0.29, 0.717) is 19.4 Å². The number of esters is 1. The second kappa shape index (κ2) is 17.7. The molecule has 1 fully saturated rings. The zero-order valence-electron chi connectivity index (χ0n) is 18.8. The van der Waals surface area contributed by atoms with E-state index in [4.69, 9.17) is 4.74 Å². The molecule has 0 aromatic carbocycles. The van der Waals surface area contributed by atoms with Gasteiger partial charge in [-0.15, -0.1) is 0 Å². The van der Waals surface area contributed by atoms with Crippen LogP contribution in [0.1, 0.15) is 122 Å². The summed E-state index contributed by atoms with van der Waals surface area (Å²) in [4.78, 5) is 23.2. The lowest BCUT2D eigenvalue weighted by Crippen LogP contribution is -2.39. The van der Waals surface area contributed by atoms with Crippen LogP contribution in [0.15, 0.2) is 0 Å². The van der Waals surface area contributed by atoms with Crippen molar-refractivity contribution in [1.82, 2.24) is 5.32 Å². The van der Waals surface area contributed by atoms with Gasteiger partial charge < -0.3 is 15.2 Å². The first kappa shape index (κ1) is 25.9. The van der Waals surface area contributed by atoms with Crippen molar-refractivity contribution in [2.45, 2.75) is 135 Å².